The second-order valence-electron chi connectivity index (χ2n) is 21.5. The van der Waals surface area contributed by atoms with Gasteiger partial charge in [-0.05, 0) is 56.2 Å². The predicted molar refractivity (Wildman–Crippen MR) is 343 cm³/mol. The zero-order valence-corrected chi connectivity index (χ0v) is 54.5. The number of carbonyl (C=O) groups excluding carboxylic acids is 6. The number of aliphatic hydroxyl groups is 1. The number of aliphatic carboxylic acids is 2. The van der Waals surface area contributed by atoms with Gasteiger partial charge in [0.15, 0.2) is 0 Å². The normalized spacial score (nSPS) is 17.1. The Morgan fingerprint density at radius 2 is 1.42 bits per heavy atom. The number of urea groups is 1. The maximum atomic E-state index is 14.4. The van der Waals surface area contributed by atoms with Crippen LogP contribution in [0.2, 0.25) is 0 Å². The predicted octanol–water partition coefficient (Wildman–Crippen LogP) is 8.29. The molecular formula is C59H62N14O12S6. The summed E-state index contributed by atoms with van der Waals surface area (Å²) in [5.41, 5.74) is 2.41. The molecule has 4 atom stereocenters. The molecule has 0 aliphatic carbocycles. The summed E-state index contributed by atoms with van der Waals surface area (Å²) in [5.74, 6) is -5.43. The van der Waals surface area contributed by atoms with E-state index in [0.717, 1.165) is 34.0 Å². The van der Waals surface area contributed by atoms with Crippen molar-refractivity contribution in [1.82, 2.24) is 66.4 Å². The van der Waals surface area contributed by atoms with E-state index < -0.39 is 84.2 Å². The van der Waals surface area contributed by atoms with E-state index in [2.05, 4.69) is 26.6 Å². The summed E-state index contributed by atoms with van der Waals surface area (Å²) in [6.07, 6.45) is -0.453. The quantitative estimate of drug-likeness (QED) is 0.0447. The molecule has 0 radical (unpaired) electrons. The molecule has 26 nitrogen and oxygen atoms in total. The molecule has 2 aliphatic rings. The van der Waals surface area contributed by atoms with E-state index in [1.165, 1.54) is 53.1 Å². The van der Waals surface area contributed by atoms with Crippen molar-refractivity contribution >= 4 is 121 Å². The van der Waals surface area contributed by atoms with Crippen molar-refractivity contribution in [2.45, 2.75) is 90.1 Å². The number of fused-ring (bicyclic) bond motifs is 14. The van der Waals surface area contributed by atoms with E-state index in [0.29, 0.717) is 81.5 Å². The zero-order chi connectivity index (χ0) is 64.6. The van der Waals surface area contributed by atoms with Crippen molar-refractivity contribution < 1.29 is 58.4 Å². The standard InChI is InChI=1S/C59H62N14O12S6/c1-28(2)43-57-71-46(38(91-57)23-85-5)50(80)61-22-41(75)68-47(48(78)30-11-7-6-8-12-30)56-66-37(26-88-56)54-64-35(24-87-54)45-32(52-65-36(25-86-52)49(79)63-34(21-40(74)60-4)55-70-44(29(3)90-55)51(81)69-43)14-15-33(62-45)53-67-39(27-89-53)73(18-10-9-13-42(76)77)59(84)72-19-16-31(17-20-72)58(82)83/h6-8,11-12,14-15,24-28,31,34,43,47-48,78H,9-10,13,16-23H2,1-5H3,(H,60,74)(H,61,80)(H,63,79)(H,68,75)(H,69,81)(H,76,77)(H,82,83)/t34-,43?,47-,48-/m0/s1. The van der Waals surface area contributed by atoms with E-state index in [4.69, 9.17) is 39.6 Å². The van der Waals surface area contributed by atoms with Crippen LogP contribution in [0.1, 0.15) is 138 Å². The lowest BCUT2D eigenvalue weighted by Gasteiger charge is -2.34. The number of piperidine rings is 1. The van der Waals surface area contributed by atoms with E-state index in [1.54, 1.807) is 75.8 Å². The molecule has 0 saturated carbocycles. The van der Waals surface area contributed by atoms with Crippen molar-refractivity contribution in [3.05, 3.63) is 111 Å². The highest BCUT2D eigenvalue weighted by atomic mass is 32.1. The topological polar surface area (TPSA) is 363 Å². The minimum atomic E-state index is -1.31. The number of nitrogens with zero attached hydrogens (tertiary/aromatic N) is 9. The number of aliphatic hydroxyl groups excluding tert-OH is 1. The van der Waals surface area contributed by atoms with Gasteiger partial charge < -0.3 is 51.5 Å². The molecular weight excluding hydrogens is 1290 g/mol. The fraction of sp³-hybridized carbons (Fsp3) is 0.373. The number of thiazole rings is 6. The van der Waals surface area contributed by atoms with Crippen molar-refractivity contribution in [1.29, 1.82) is 0 Å². The fourth-order valence-electron chi connectivity index (χ4n) is 10.0. The van der Waals surface area contributed by atoms with Crippen LogP contribution in [0.25, 0.3) is 43.4 Å². The number of carboxylic acid groups (broad SMARTS) is 2. The van der Waals surface area contributed by atoms with Crippen molar-refractivity contribution in [2.24, 2.45) is 11.8 Å². The van der Waals surface area contributed by atoms with Crippen molar-refractivity contribution in [3.63, 3.8) is 0 Å². The first-order valence-electron chi connectivity index (χ1n) is 28.7. The number of likely N-dealkylation sites (tertiary alicyclic amines) is 1. The third-order valence-electron chi connectivity index (χ3n) is 14.9. The van der Waals surface area contributed by atoms with Crippen LogP contribution in [0.5, 0.6) is 0 Å². The Hall–Kier alpha value is -8.37. The number of rotatable bonds is 15. The number of pyridine rings is 1. The lowest BCUT2D eigenvalue weighted by atomic mass is 9.97. The smallest absolute Gasteiger partial charge is 0.325 e. The summed E-state index contributed by atoms with van der Waals surface area (Å²) < 4.78 is 5.46. The Morgan fingerprint density at radius 3 is 2.14 bits per heavy atom. The number of unbranched alkanes of at least 4 members (excludes halogenated alkanes) is 1. The molecule has 476 valence electrons. The van der Waals surface area contributed by atoms with Gasteiger partial charge in [0.25, 0.3) is 17.7 Å². The molecule has 1 fully saturated rings. The van der Waals surface area contributed by atoms with Gasteiger partial charge in [0, 0.05) is 72.2 Å². The first-order valence-corrected chi connectivity index (χ1v) is 33.9. The summed E-state index contributed by atoms with van der Waals surface area (Å²) >= 11 is 7.05. The zero-order valence-electron chi connectivity index (χ0n) is 49.6. The van der Waals surface area contributed by atoms with Gasteiger partial charge in [-0.2, -0.15) is 0 Å². The second-order valence-corrected chi connectivity index (χ2v) is 27.3. The maximum absolute atomic E-state index is 14.4. The number of aryl methyl sites for hydroxylation is 1. The average Bonchev–Trinajstić information content (AvgIpc) is 1.87. The van der Waals surface area contributed by atoms with E-state index >= 15 is 0 Å². The average molecular weight is 1350 g/mol. The number of ether oxygens (including phenoxy) is 1. The third kappa shape index (κ3) is 15.4. The molecule has 1 aromatic carbocycles. The van der Waals surface area contributed by atoms with Gasteiger partial charge in [-0.25, -0.2) is 39.7 Å². The first kappa shape index (κ1) is 65.6. The molecule has 9 heterocycles. The van der Waals surface area contributed by atoms with Crippen LogP contribution in [0.3, 0.4) is 0 Å². The van der Waals surface area contributed by atoms with Gasteiger partial charge in [-0.15, -0.1) is 68.0 Å². The molecule has 10 bridgehead atoms. The number of nitrogens with one attached hydrogen (secondary N) is 5. The molecule has 32 heteroatoms. The van der Waals surface area contributed by atoms with Gasteiger partial charge in [-0.1, -0.05) is 44.2 Å². The van der Waals surface area contributed by atoms with Gasteiger partial charge >= 0.3 is 18.0 Å². The lowest BCUT2D eigenvalue weighted by molar-refractivity contribution is -0.143. The van der Waals surface area contributed by atoms with Crippen LogP contribution in [0, 0.1) is 18.8 Å². The Kier molecular flexibility index (Phi) is 21.1. The number of carbonyl (C=O) groups is 8. The third-order valence-corrected chi connectivity index (χ3v) is 20.6. The number of hydrogen-bond acceptors (Lipinski definition) is 23. The lowest BCUT2D eigenvalue weighted by Crippen LogP contribution is -2.48. The Labute approximate surface area is 544 Å². The molecule has 2 aliphatic heterocycles. The van der Waals surface area contributed by atoms with Gasteiger partial charge in [0.1, 0.15) is 82.2 Å². The van der Waals surface area contributed by atoms with Crippen LogP contribution in [-0.4, -0.2) is 143 Å². The van der Waals surface area contributed by atoms with Crippen molar-refractivity contribution in [3.8, 4) is 43.4 Å². The highest BCUT2D eigenvalue weighted by Gasteiger charge is 2.35. The van der Waals surface area contributed by atoms with E-state index in [1.807, 2.05) is 13.8 Å². The van der Waals surface area contributed by atoms with Crippen LogP contribution < -0.4 is 31.5 Å². The van der Waals surface area contributed by atoms with E-state index in [9.17, 15) is 53.7 Å². The second kappa shape index (κ2) is 29.3. The highest BCUT2D eigenvalue weighted by Crippen LogP contribution is 2.41. The molecule has 8 aromatic rings. The number of aromatic nitrogens is 7. The number of hydrogen-bond donors (Lipinski definition) is 8. The van der Waals surface area contributed by atoms with Crippen LogP contribution in [0.15, 0.2) is 64.0 Å². The first-order chi connectivity index (χ1) is 43.8. The molecule has 7 amide bonds. The summed E-state index contributed by atoms with van der Waals surface area (Å²) in [6.45, 7) is 5.46. The van der Waals surface area contributed by atoms with E-state index in [-0.39, 0.29) is 85.7 Å². The summed E-state index contributed by atoms with van der Waals surface area (Å²) in [6, 6.07) is 8.92. The molecule has 0 spiro atoms. The van der Waals surface area contributed by atoms with Gasteiger partial charge in [0.2, 0.25) is 11.8 Å². The molecule has 91 heavy (non-hydrogen) atoms. The molecule has 1 saturated heterocycles. The number of benzene rings is 1. The van der Waals surface area contributed by atoms with Gasteiger partial charge in [0.05, 0.1) is 48.1 Å². The van der Waals surface area contributed by atoms with Crippen LogP contribution in [0.4, 0.5) is 10.6 Å². The van der Waals surface area contributed by atoms with Crippen LogP contribution >= 0.6 is 68.0 Å². The number of carboxylic acids is 2. The largest absolute Gasteiger partial charge is 0.481 e. The molecule has 1 unspecified atom stereocenters. The van der Waals surface area contributed by atoms with Crippen LogP contribution in [-0.2, 0) is 30.5 Å². The summed E-state index contributed by atoms with van der Waals surface area (Å²) in [7, 11) is 2.92. The monoisotopic (exact) mass is 1350 g/mol. The van der Waals surface area contributed by atoms with Gasteiger partial charge in [-0.3, -0.25) is 38.5 Å². The number of amides is 7. The Balaban J connectivity index is 1.04. The Morgan fingerprint density at radius 1 is 0.714 bits per heavy atom. The summed E-state index contributed by atoms with van der Waals surface area (Å²) in [4.78, 5) is 145. The van der Waals surface area contributed by atoms with Crippen molar-refractivity contribution in [2.75, 3.05) is 45.2 Å². The maximum Gasteiger partial charge on any atom is 0.325 e. The molecule has 8 N–H and O–H groups in total. The highest BCUT2D eigenvalue weighted by molar-refractivity contribution is 7.15. The number of methoxy groups -OCH3 is 1. The Bertz CT molecular complexity index is 4000. The fourth-order valence-corrected chi connectivity index (χ4v) is 15.6. The SMILES string of the molecule is CNC(=O)C[C@@H]1NC(=O)c2csc(n2)-c2ccc(-c3nc(N(CCCCC(=O)O)C(=O)N4CCC(C(=O)O)CC4)cs3)nc2-c2csc(n2)-c2csc(n2)[C@H]([C@@H](O)c2ccccc2)NC(=O)CNC(=O)c2nc(sc2COC)C(C(C)C)NC(=O)c2nc1sc2C. The minimum absolute atomic E-state index is 0.00516. The number of anilines is 1. The molecule has 10 rings (SSSR count). The summed E-state index contributed by atoms with van der Waals surface area (Å²) in [5, 5.41) is 54.0. The molecule has 7 aromatic heterocycles. The minimum Gasteiger partial charge on any atom is -0.481 e.